The van der Waals surface area contributed by atoms with Gasteiger partial charge in [0.05, 0.1) is 8.68 Å². The lowest BCUT2D eigenvalue weighted by atomic mass is 9.81. The monoisotopic (exact) mass is 353 g/mol. The van der Waals surface area contributed by atoms with E-state index in [0.717, 1.165) is 8.66 Å². The van der Waals surface area contributed by atoms with Gasteiger partial charge in [-0.1, -0.05) is 27.7 Å². The summed E-state index contributed by atoms with van der Waals surface area (Å²) < 4.78 is 28.0. The molecule has 1 aromatic heterocycles. The Balaban J connectivity index is 2.88. The van der Waals surface area contributed by atoms with E-state index in [1.54, 1.807) is 6.07 Å². The topological polar surface area (TPSA) is 46.2 Å². The summed E-state index contributed by atoms with van der Waals surface area (Å²) in [5, 5.41) is 0. The smallest absolute Gasteiger partial charge is 0.211 e. The van der Waals surface area contributed by atoms with Crippen molar-refractivity contribution in [2.75, 3.05) is 6.54 Å². The van der Waals surface area contributed by atoms with Crippen molar-refractivity contribution in [2.45, 2.75) is 39.5 Å². The molecule has 0 aliphatic rings. The van der Waals surface area contributed by atoms with Gasteiger partial charge in [-0.2, -0.15) is 0 Å². The Morgan fingerprint density at radius 3 is 2.39 bits per heavy atom. The van der Waals surface area contributed by atoms with Crippen LogP contribution in [0.15, 0.2) is 14.7 Å². The lowest BCUT2D eigenvalue weighted by Gasteiger charge is -2.29. The van der Waals surface area contributed by atoms with Gasteiger partial charge in [0.25, 0.3) is 0 Å². The van der Waals surface area contributed by atoms with Crippen LogP contribution in [0.2, 0.25) is 0 Å². The van der Waals surface area contributed by atoms with Crippen molar-refractivity contribution in [1.29, 1.82) is 0 Å². The van der Waals surface area contributed by atoms with Crippen molar-refractivity contribution in [3.05, 3.63) is 14.7 Å². The Morgan fingerprint density at radius 1 is 1.44 bits per heavy atom. The highest BCUT2D eigenvalue weighted by atomic mass is 79.9. The van der Waals surface area contributed by atoms with Crippen LogP contribution in [-0.4, -0.2) is 15.0 Å². The Morgan fingerprint density at radius 2 is 2.00 bits per heavy atom. The minimum atomic E-state index is -3.41. The molecule has 0 aliphatic carbocycles. The summed E-state index contributed by atoms with van der Waals surface area (Å²) in [6.45, 7) is 10.6. The number of nitrogens with one attached hydrogen (secondary N) is 1. The van der Waals surface area contributed by atoms with Crippen molar-refractivity contribution in [3.63, 3.8) is 0 Å². The van der Waals surface area contributed by atoms with Crippen LogP contribution in [0.1, 0.15) is 32.6 Å². The number of rotatable bonds is 5. The minimum absolute atomic E-state index is 0.0613. The lowest BCUT2D eigenvalue weighted by molar-refractivity contribution is 0.252. The molecule has 0 aromatic carbocycles. The van der Waals surface area contributed by atoms with Crippen LogP contribution in [0, 0.1) is 18.3 Å². The molecule has 3 nitrogen and oxygen atoms in total. The third-order valence-corrected chi connectivity index (χ3v) is 6.62. The van der Waals surface area contributed by atoms with Gasteiger partial charge in [-0.05, 0) is 40.3 Å². The molecule has 1 heterocycles. The normalized spacial score (nSPS) is 13.3. The molecular formula is C12H20BrNO2S2. The number of hydrogen-bond donors (Lipinski definition) is 1. The van der Waals surface area contributed by atoms with E-state index in [4.69, 9.17) is 0 Å². The average Bonchev–Trinajstić information content (AvgIpc) is 2.56. The minimum Gasteiger partial charge on any atom is -0.211 e. The summed E-state index contributed by atoms with van der Waals surface area (Å²) in [4.78, 5) is 1.18. The number of aryl methyl sites for hydroxylation is 1. The molecule has 0 atom stereocenters. The fraction of sp³-hybridized carbons (Fsp3) is 0.667. The van der Waals surface area contributed by atoms with Crippen molar-refractivity contribution in [1.82, 2.24) is 4.72 Å². The van der Waals surface area contributed by atoms with Crippen LogP contribution >= 0.6 is 27.3 Å². The number of thiophene rings is 1. The van der Waals surface area contributed by atoms with Crippen LogP contribution in [-0.2, 0) is 10.0 Å². The second-order valence-electron chi connectivity index (χ2n) is 5.44. The third-order valence-electron chi connectivity index (χ3n) is 3.41. The molecule has 0 amide bonds. The highest BCUT2D eigenvalue weighted by molar-refractivity contribution is 9.11. The summed E-state index contributed by atoms with van der Waals surface area (Å²) in [5.41, 5.74) is -0.0613. The molecule has 1 aromatic rings. The highest BCUT2D eigenvalue weighted by Crippen LogP contribution is 2.30. The standard InChI is InChI=1S/C12H20BrNO2S2/c1-8(2)12(4,5)7-14-18(15,16)10-6-11(13)17-9(10)3/h6,8,14H,7H2,1-5H3. The third kappa shape index (κ3) is 3.79. The van der Waals surface area contributed by atoms with E-state index in [2.05, 4.69) is 48.3 Å². The van der Waals surface area contributed by atoms with Gasteiger partial charge in [-0.25, -0.2) is 13.1 Å². The van der Waals surface area contributed by atoms with Crippen LogP contribution in [0.25, 0.3) is 0 Å². The first-order valence-electron chi connectivity index (χ1n) is 5.82. The van der Waals surface area contributed by atoms with Crippen molar-refractivity contribution in [2.24, 2.45) is 11.3 Å². The first-order chi connectivity index (χ1) is 8.06. The van der Waals surface area contributed by atoms with Gasteiger partial charge in [0, 0.05) is 11.4 Å². The maximum absolute atomic E-state index is 12.2. The van der Waals surface area contributed by atoms with E-state index in [9.17, 15) is 8.42 Å². The molecule has 0 spiro atoms. The van der Waals surface area contributed by atoms with Crippen LogP contribution in [0.3, 0.4) is 0 Å². The van der Waals surface area contributed by atoms with Crippen LogP contribution in [0.5, 0.6) is 0 Å². The largest absolute Gasteiger partial charge is 0.241 e. The Labute approximate surface area is 122 Å². The van der Waals surface area contributed by atoms with Gasteiger partial charge < -0.3 is 0 Å². The summed E-state index contributed by atoms with van der Waals surface area (Å²) in [6.07, 6.45) is 0. The molecular weight excluding hydrogens is 334 g/mol. The van der Waals surface area contributed by atoms with Crippen LogP contribution in [0.4, 0.5) is 0 Å². The zero-order valence-corrected chi connectivity index (χ0v) is 14.6. The van der Waals surface area contributed by atoms with Crippen molar-refractivity contribution >= 4 is 37.3 Å². The molecule has 0 saturated carbocycles. The van der Waals surface area contributed by atoms with Crippen LogP contribution < -0.4 is 4.72 Å². The number of hydrogen-bond acceptors (Lipinski definition) is 3. The molecule has 0 aliphatic heterocycles. The average molecular weight is 354 g/mol. The summed E-state index contributed by atoms with van der Waals surface area (Å²) >= 11 is 4.75. The van der Waals surface area contributed by atoms with Crippen molar-refractivity contribution < 1.29 is 8.42 Å². The quantitative estimate of drug-likeness (QED) is 0.875. The van der Waals surface area contributed by atoms with Crippen molar-refractivity contribution in [3.8, 4) is 0 Å². The Bertz CT molecular complexity index is 518. The molecule has 1 N–H and O–H groups in total. The first kappa shape index (κ1) is 16.1. The predicted octanol–water partition coefficient (Wildman–Crippen LogP) is 3.78. The maximum atomic E-state index is 12.2. The fourth-order valence-electron chi connectivity index (χ4n) is 1.26. The second kappa shape index (κ2) is 5.61. The fourth-order valence-corrected chi connectivity index (χ4v) is 4.90. The van der Waals surface area contributed by atoms with E-state index in [1.807, 2.05) is 6.92 Å². The zero-order valence-electron chi connectivity index (χ0n) is 11.4. The van der Waals surface area contributed by atoms with Gasteiger partial charge in [0.1, 0.15) is 0 Å². The molecule has 104 valence electrons. The zero-order chi connectivity index (χ0) is 14.1. The predicted molar refractivity (Wildman–Crippen MR) is 80.6 cm³/mol. The van der Waals surface area contributed by atoms with E-state index < -0.39 is 10.0 Å². The first-order valence-corrected chi connectivity index (χ1v) is 8.91. The SMILES string of the molecule is Cc1sc(Br)cc1S(=O)(=O)NCC(C)(C)C(C)C. The molecule has 0 radical (unpaired) electrons. The van der Waals surface area contributed by atoms with E-state index >= 15 is 0 Å². The van der Waals surface area contributed by atoms with E-state index in [1.165, 1.54) is 11.3 Å². The van der Waals surface area contributed by atoms with Gasteiger partial charge in [-0.15, -0.1) is 11.3 Å². The lowest BCUT2D eigenvalue weighted by Crippen LogP contribution is -2.37. The maximum Gasteiger partial charge on any atom is 0.241 e. The molecule has 0 saturated heterocycles. The summed E-state index contributed by atoms with van der Waals surface area (Å²) in [7, 11) is -3.41. The van der Waals surface area contributed by atoms with E-state index in [0.29, 0.717) is 17.4 Å². The number of halogens is 1. The molecule has 0 unspecified atom stereocenters. The van der Waals surface area contributed by atoms with Gasteiger partial charge >= 0.3 is 0 Å². The van der Waals surface area contributed by atoms with Gasteiger partial charge in [-0.3, -0.25) is 0 Å². The molecule has 0 fully saturated rings. The number of sulfonamides is 1. The molecule has 0 bridgehead atoms. The molecule has 18 heavy (non-hydrogen) atoms. The van der Waals surface area contributed by atoms with E-state index in [-0.39, 0.29) is 5.41 Å². The second-order valence-corrected chi connectivity index (χ2v) is 9.81. The van der Waals surface area contributed by atoms with Gasteiger partial charge in [0.15, 0.2) is 0 Å². The van der Waals surface area contributed by atoms with Gasteiger partial charge in [0.2, 0.25) is 10.0 Å². The Hall–Kier alpha value is 0.0900. The summed E-state index contributed by atoms with van der Waals surface area (Å²) in [5.74, 6) is 0.413. The molecule has 1 rings (SSSR count). The highest BCUT2D eigenvalue weighted by Gasteiger charge is 2.26. The molecule has 6 heteroatoms. The Kier molecular flexibility index (Phi) is 5.03. The summed E-state index contributed by atoms with van der Waals surface area (Å²) in [6, 6.07) is 1.66.